The lowest BCUT2D eigenvalue weighted by molar-refractivity contribution is 0.0209. The summed E-state index contributed by atoms with van der Waals surface area (Å²) in [5.74, 6) is -0.890. The van der Waals surface area contributed by atoms with Crippen LogP contribution in [-0.4, -0.2) is 68.8 Å². The zero-order chi connectivity index (χ0) is 18.9. The third-order valence-corrected chi connectivity index (χ3v) is 6.70. The molecule has 0 spiro atoms. The fourth-order valence-electron chi connectivity index (χ4n) is 3.22. The van der Waals surface area contributed by atoms with Gasteiger partial charge in [-0.2, -0.15) is 4.31 Å². The van der Waals surface area contributed by atoms with Gasteiger partial charge in [-0.3, -0.25) is 14.5 Å². The maximum absolute atomic E-state index is 12.9. The summed E-state index contributed by atoms with van der Waals surface area (Å²) >= 11 is 0. The van der Waals surface area contributed by atoms with Crippen LogP contribution in [0, 0.1) is 0 Å². The summed E-state index contributed by atoms with van der Waals surface area (Å²) in [6, 6.07) is 4.11. The van der Waals surface area contributed by atoms with E-state index < -0.39 is 21.8 Å². The molecule has 0 aromatic heterocycles. The summed E-state index contributed by atoms with van der Waals surface area (Å²) in [7, 11) is -2.33. The number of rotatable bonds is 6. The second kappa shape index (κ2) is 7.43. The quantitative estimate of drug-likeness (QED) is 0.565. The van der Waals surface area contributed by atoms with Crippen LogP contribution in [0.1, 0.15) is 40.0 Å². The number of benzene rings is 1. The predicted octanol–water partition coefficient (Wildman–Crippen LogP) is 0.431. The summed E-state index contributed by atoms with van der Waals surface area (Å²) in [6.45, 7) is 1.88. The lowest BCUT2D eigenvalue weighted by atomic mass is 10.1. The van der Waals surface area contributed by atoms with Gasteiger partial charge in [-0.05, 0) is 44.0 Å². The molecule has 2 aliphatic rings. The standard InChI is InChI=1S/C17H23N3O5S/c1-19-16(21)14-4-3-13(11-15(14)17(19)22)26(23,24)20-8-5-12(6-9-20)25-10-2-7-18/h3-4,11-12H,2,5-10,18H2,1H3. The number of imide groups is 1. The molecule has 2 amide bonds. The van der Waals surface area contributed by atoms with Crippen molar-refractivity contribution in [1.29, 1.82) is 0 Å². The van der Waals surface area contributed by atoms with E-state index in [0.717, 1.165) is 11.3 Å². The van der Waals surface area contributed by atoms with Gasteiger partial charge in [-0.25, -0.2) is 8.42 Å². The van der Waals surface area contributed by atoms with Crippen molar-refractivity contribution in [3.05, 3.63) is 29.3 Å². The molecule has 2 heterocycles. The maximum Gasteiger partial charge on any atom is 0.261 e. The van der Waals surface area contributed by atoms with E-state index in [9.17, 15) is 18.0 Å². The SMILES string of the molecule is CN1C(=O)c2ccc(S(=O)(=O)N3CCC(OCCCN)CC3)cc2C1=O. The third kappa shape index (κ3) is 3.39. The van der Waals surface area contributed by atoms with E-state index in [-0.39, 0.29) is 22.1 Å². The highest BCUT2D eigenvalue weighted by molar-refractivity contribution is 7.89. The summed E-state index contributed by atoms with van der Waals surface area (Å²) in [6.07, 6.45) is 2.07. The van der Waals surface area contributed by atoms with E-state index in [0.29, 0.717) is 39.1 Å². The van der Waals surface area contributed by atoms with Crippen LogP contribution in [0.2, 0.25) is 0 Å². The molecule has 1 fully saturated rings. The van der Waals surface area contributed by atoms with E-state index in [2.05, 4.69) is 0 Å². The highest BCUT2D eigenvalue weighted by Gasteiger charge is 2.35. The summed E-state index contributed by atoms with van der Waals surface area (Å²) < 4.78 is 32.9. The van der Waals surface area contributed by atoms with Crippen LogP contribution >= 0.6 is 0 Å². The van der Waals surface area contributed by atoms with Gasteiger partial charge in [0, 0.05) is 26.7 Å². The van der Waals surface area contributed by atoms with Gasteiger partial charge >= 0.3 is 0 Å². The lowest BCUT2D eigenvalue weighted by Gasteiger charge is -2.31. The Kier molecular flexibility index (Phi) is 5.42. The van der Waals surface area contributed by atoms with Gasteiger partial charge in [-0.15, -0.1) is 0 Å². The first-order valence-corrected chi connectivity index (χ1v) is 10.1. The first-order chi connectivity index (χ1) is 12.4. The van der Waals surface area contributed by atoms with Crippen LogP contribution in [0.25, 0.3) is 0 Å². The molecule has 142 valence electrons. The fourth-order valence-corrected chi connectivity index (χ4v) is 4.72. The van der Waals surface area contributed by atoms with Gasteiger partial charge < -0.3 is 10.5 Å². The van der Waals surface area contributed by atoms with Crippen LogP contribution in [0.3, 0.4) is 0 Å². The Morgan fingerprint density at radius 1 is 1.15 bits per heavy atom. The largest absolute Gasteiger partial charge is 0.378 e. The molecular weight excluding hydrogens is 358 g/mol. The van der Waals surface area contributed by atoms with Crippen LogP contribution in [0.4, 0.5) is 0 Å². The molecule has 2 N–H and O–H groups in total. The number of hydrogen-bond acceptors (Lipinski definition) is 6. The highest BCUT2D eigenvalue weighted by Crippen LogP contribution is 2.27. The van der Waals surface area contributed by atoms with Crippen molar-refractivity contribution in [1.82, 2.24) is 9.21 Å². The molecule has 1 aromatic rings. The molecule has 0 bridgehead atoms. The number of hydrogen-bond donors (Lipinski definition) is 1. The Hall–Kier alpha value is -1.81. The Morgan fingerprint density at radius 2 is 1.81 bits per heavy atom. The fraction of sp³-hybridized carbons (Fsp3) is 0.529. The molecule has 1 aromatic carbocycles. The van der Waals surface area contributed by atoms with Crippen LogP contribution in [0.15, 0.2) is 23.1 Å². The van der Waals surface area contributed by atoms with Gasteiger partial charge in [0.25, 0.3) is 11.8 Å². The zero-order valence-electron chi connectivity index (χ0n) is 14.7. The van der Waals surface area contributed by atoms with Crippen LogP contribution in [-0.2, 0) is 14.8 Å². The normalized spacial score (nSPS) is 19.2. The summed E-state index contributed by atoms with van der Waals surface area (Å²) in [4.78, 5) is 25.1. The summed E-state index contributed by atoms with van der Waals surface area (Å²) in [5.41, 5.74) is 5.81. The molecule has 0 atom stereocenters. The molecule has 9 heteroatoms. The van der Waals surface area contributed by atoms with Crippen LogP contribution < -0.4 is 5.73 Å². The highest BCUT2D eigenvalue weighted by atomic mass is 32.2. The van der Waals surface area contributed by atoms with Crippen molar-refractivity contribution in [2.45, 2.75) is 30.3 Å². The Morgan fingerprint density at radius 3 is 2.46 bits per heavy atom. The number of fused-ring (bicyclic) bond motifs is 1. The molecule has 0 unspecified atom stereocenters. The Bertz CT molecular complexity index is 816. The van der Waals surface area contributed by atoms with Gasteiger partial charge in [0.2, 0.25) is 10.0 Å². The van der Waals surface area contributed by atoms with Crippen molar-refractivity contribution in [2.75, 3.05) is 33.3 Å². The van der Waals surface area contributed by atoms with Gasteiger partial charge in [0.15, 0.2) is 0 Å². The molecule has 3 rings (SSSR count). The monoisotopic (exact) mass is 381 g/mol. The first kappa shape index (κ1) is 19.0. The number of amides is 2. The van der Waals surface area contributed by atoms with Crippen molar-refractivity contribution in [3.8, 4) is 0 Å². The number of sulfonamides is 1. The van der Waals surface area contributed by atoms with Crippen molar-refractivity contribution >= 4 is 21.8 Å². The van der Waals surface area contributed by atoms with Gasteiger partial charge in [0.1, 0.15) is 0 Å². The molecule has 2 aliphatic heterocycles. The van der Waals surface area contributed by atoms with Crippen molar-refractivity contribution in [2.24, 2.45) is 5.73 Å². The predicted molar refractivity (Wildman–Crippen MR) is 94.3 cm³/mol. The number of ether oxygens (including phenoxy) is 1. The molecule has 0 radical (unpaired) electrons. The number of piperidine rings is 1. The Balaban J connectivity index is 1.72. The molecule has 0 aliphatic carbocycles. The molecule has 26 heavy (non-hydrogen) atoms. The number of nitrogens with two attached hydrogens (primary N) is 1. The number of carbonyl (C=O) groups is 2. The van der Waals surface area contributed by atoms with Crippen molar-refractivity contribution in [3.63, 3.8) is 0 Å². The molecular formula is C17H23N3O5S. The van der Waals surface area contributed by atoms with Gasteiger partial charge in [-0.1, -0.05) is 0 Å². The minimum absolute atomic E-state index is 0.0372. The average molecular weight is 381 g/mol. The summed E-state index contributed by atoms with van der Waals surface area (Å²) in [5, 5.41) is 0. The Labute approximate surface area is 152 Å². The van der Waals surface area contributed by atoms with Crippen molar-refractivity contribution < 1.29 is 22.7 Å². The topological polar surface area (TPSA) is 110 Å². The number of nitrogens with zero attached hydrogens (tertiary/aromatic N) is 2. The zero-order valence-corrected chi connectivity index (χ0v) is 15.5. The van der Waals surface area contributed by atoms with E-state index >= 15 is 0 Å². The van der Waals surface area contributed by atoms with E-state index in [1.165, 1.54) is 29.6 Å². The van der Waals surface area contributed by atoms with Crippen LogP contribution in [0.5, 0.6) is 0 Å². The number of carbonyl (C=O) groups excluding carboxylic acids is 2. The molecule has 1 saturated heterocycles. The smallest absolute Gasteiger partial charge is 0.261 e. The average Bonchev–Trinajstić information content (AvgIpc) is 2.86. The second-order valence-electron chi connectivity index (χ2n) is 6.49. The minimum Gasteiger partial charge on any atom is -0.378 e. The third-order valence-electron chi connectivity index (χ3n) is 4.80. The lowest BCUT2D eigenvalue weighted by Crippen LogP contribution is -2.41. The maximum atomic E-state index is 12.9. The van der Waals surface area contributed by atoms with E-state index in [1.807, 2.05) is 0 Å². The minimum atomic E-state index is -3.71. The first-order valence-electron chi connectivity index (χ1n) is 8.64. The van der Waals surface area contributed by atoms with E-state index in [1.54, 1.807) is 0 Å². The molecule has 0 saturated carbocycles. The molecule has 8 nitrogen and oxygen atoms in total. The van der Waals surface area contributed by atoms with Gasteiger partial charge in [0.05, 0.1) is 22.1 Å². The second-order valence-corrected chi connectivity index (χ2v) is 8.43. The van der Waals surface area contributed by atoms with E-state index in [4.69, 9.17) is 10.5 Å².